The van der Waals surface area contributed by atoms with Gasteiger partial charge in [0.2, 0.25) is 0 Å². The highest BCUT2D eigenvalue weighted by Gasteiger charge is 2.09. The van der Waals surface area contributed by atoms with Crippen LogP contribution in [0.5, 0.6) is 0 Å². The van der Waals surface area contributed by atoms with Gasteiger partial charge in [0.15, 0.2) is 0 Å². The molecule has 0 radical (unpaired) electrons. The summed E-state index contributed by atoms with van der Waals surface area (Å²) in [5.74, 6) is -1.81. The summed E-state index contributed by atoms with van der Waals surface area (Å²) in [7, 11) is 2.70. The summed E-state index contributed by atoms with van der Waals surface area (Å²) in [6.45, 7) is 0.196. The minimum absolute atomic E-state index is 0.0750. The van der Waals surface area contributed by atoms with Gasteiger partial charge in [-0.3, -0.25) is 0 Å². The Labute approximate surface area is 110 Å². The van der Waals surface area contributed by atoms with E-state index in [0.29, 0.717) is 5.56 Å². The zero-order chi connectivity index (χ0) is 14.3. The third kappa shape index (κ3) is 4.67. The highest BCUT2D eigenvalue weighted by Crippen LogP contribution is 2.09. The van der Waals surface area contributed by atoms with Crippen molar-refractivity contribution < 1.29 is 23.0 Å². The van der Waals surface area contributed by atoms with Gasteiger partial charge >= 0.3 is 5.97 Å². The minimum Gasteiger partial charge on any atom is -0.466 e. The fourth-order valence-corrected chi connectivity index (χ4v) is 1.40. The van der Waals surface area contributed by atoms with Crippen LogP contribution in [0.15, 0.2) is 30.0 Å². The van der Waals surface area contributed by atoms with Crippen LogP contribution in [-0.4, -0.2) is 26.8 Å². The molecule has 0 amide bonds. The number of methoxy groups -OCH3 is 2. The molecule has 1 N–H and O–H groups in total. The Kier molecular flexibility index (Phi) is 5.95. The Bertz CT molecular complexity index is 475. The standard InChI is InChI=1S/C13H15F2NO3/c1-18-8-10(13(17)19-2)7-16-6-9-3-4-11(14)5-12(9)15/h3-5,7,16H,6,8H2,1-2H3/b10-7+. The smallest absolute Gasteiger partial charge is 0.337 e. The van der Waals surface area contributed by atoms with E-state index in [-0.39, 0.29) is 18.7 Å². The zero-order valence-electron chi connectivity index (χ0n) is 10.7. The summed E-state index contributed by atoms with van der Waals surface area (Å²) < 4.78 is 35.4. The van der Waals surface area contributed by atoms with Crippen molar-refractivity contribution in [3.05, 3.63) is 47.2 Å². The van der Waals surface area contributed by atoms with Gasteiger partial charge in [0.05, 0.1) is 19.3 Å². The molecule has 0 spiro atoms. The molecule has 0 saturated carbocycles. The lowest BCUT2D eigenvalue weighted by Crippen LogP contribution is -2.15. The summed E-state index contributed by atoms with van der Waals surface area (Å²) in [4.78, 5) is 11.3. The Hall–Kier alpha value is -1.95. The van der Waals surface area contributed by atoms with E-state index < -0.39 is 17.6 Å². The third-order valence-electron chi connectivity index (χ3n) is 2.33. The first-order chi connectivity index (χ1) is 9.08. The number of carbonyl (C=O) groups excluding carboxylic acids is 1. The molecular formula is C13H15F2NO3. The van der Waals surface area contributed by atoms with E-state index in [2.05, 4.69) is 10.1 Å². The van der Waals surface area contributed by atoms with E-state index in [4.69, 9.17) is 4.74 Å². The van der Waals surface area contributed by atoms with Crippen molar-refractivity contribution in [2.75, 3.05) is 20.8 Å². The van der Waals surface area contributed by atoms with Crippen LogP contribution in [0.1, 0.15) is 5.56 Å². The van der Waals surface area contributed by atoms with Crippen molar-refractivity contribution in [1.29, 1.82) is 0 Å². The van der Waals surface area contributed by atoms with Crippen LogP contribution in [-0.2, 0) is 20.8 Å². The number of carbonyl (C=O) groups is 1. The third-order valence-corrected chi connectivity index (χ3v) is 2.33. The van der Waals surface area contributed by atoms with Crippen molar-refractivity contribution in [3.8, 4) is 0 Å². The average Bonchev–Trinajstić information content (AvgIpc) is 2.39. The molecular weight excluding hydrogens is 256 g/mol. The number of hydrogen-bond acceptors (Lipinski definition) is 4. The lowest BCUT2D eigenvalue weighted by atomic mass is 10.2. The second-order valence-corrected chi connectivity index (χ2v) is 3.71. The predicted molar refractivity (Wildman–Crippen MR) is 65.2 cm³/mol. The number of hydrogen-bond donors (Lipinski definition) is 1. The molecule has 1 aromatic rings. The monoisotopic (exact) mass is 271 g/mol. The Balaban J connectivity index is 2.66. The van der Waals surface area contributed by atoms with Gasteiger partial charge in [0, 0.05) is 31.5 Å². The lowest BCUT2D eigenvalue weighted by Gasteiger charge is -2.07. The number of ether oxygens (including phenoxy) is 2. The molecule has 19 heavy (non-hydrogen) atoms. The van der Waals surface area contributed by atoms with Crippen LogP contribution in [0.4, 0.5) is 8.78 Å². The van der Waals surface area contributed by atoms with Crippen LogP contribution in [0.2, 0.25) is 0 Å². The normalized spacial score (nSPS) is 11.3. The molecule has 0 saturated heterocycles. The van der Waals surface area contributed by atoms with E-state index in [1.54, 1.807) is 0 Å². The number of benzene rings is 1. The molecule has 0 unspecified atom stereocenters. The van der Waals surface area contributed by atoms with E-state index in [9.17, 15) is 13.6 Å². The fourth-order valence-electron chi connectivity index (χ4n) is 1.40. The van der Waals surface area contributed by atoms with Crippen molar-refractivity contribution in [3.63, 3.8) is 0 Å². The molecule has 0 aromatic heterocycles. The summed E-state index contributed by atoms with van der Waals surface area (Å²) in [6.07, 6.45) is 1.39. The number of esters is 1. The van der Waals surface area contributed by atoms with E-state index in [1.165, 1.54) is 32.6 Å². The first-order valence-electron chi connectivity index (χ1n) is 5.52. The van der Waals surface area contributed by atoms with Crippen LogP contribution in [0, 0.1) is 11.6 Å². The quantitative estimate of drug-likeness (QED) is 0.632. The van der Waals surface area contributed by atoms with Gasteiger partial charge < -0.3 is 14.8 Å². The van der Waals surface area contributed by atoms with E-state index in [0.717, 1.165) is 6.07 Å². The number of nitrogens with one attached hydrogen (secondary N) is 1. The summed E-state index contributed by atoms with van der Waals surface area (Å²) in [5, 5.41) is 2.76. The molecule has 0 aliphatic rings. The number of halogens is 2. The fraction of sp³-hybridized carbons (Fsp3) is 0.308. The van der Waals surface area contributed by atoms with Gasteiger partial charge in [-0.1, -0.05) is 6.07 Å². The highest BCUT2D eigenvalue weighted by molar-refractivity contribution is 5.88. The van der Waals surface area contributed by atoms with Crippen molar-refractivity contribution >= 4 is 5.97 Å². The molecule has 0 aliphatic carbocycles. The highest BCUT2D eigenvalue weighted by atomic mass is 19.1. The molecule has 0 atom stereocenters. The van der Waals surface area contributed by atoms with Gasteiger partial charge in [0.25, 0.3) is 0 Å². The maximum atomic E-state index is 13.3. The van der Waals surface area contributed by atoms with Crippen LogP contribution in [0.3, 0.4) is 0 Å². The maximum Gasteiger partial charge on any atom is 0.337 e. The summed E-state index contributed by atoms with van der Waals surface area (Å²) in [6, 6.07) is 3.30. The Morgan fingerprint density at radius 3 is 2.68 bits per heavy atom. The molecule has 1 rings (SSSR count). The molecule has 1 aromatic carbocycles. The second kappa shape index (κ2) is 7.48. The topological polar surface area (TPSA) is 47.6 Å². The molecule has 0 fully saturated rings. The van der Waals surface area contributed by atoms with E-state index >= 15 is 0 Å². The molecule has 6 heteroatoms. The van der Waals surface area contributed by atoms with Crippen molar-refractivity contribution in [2.24, 2.45) is 0 Å². The average molecular weight is 271 g/mol. The van der Waals surface area contributed by atoms with Crippen LogP contribution >= 0.6 is 0 Å². The molecule has 4 nitrogen and oxygen atoms in total. The van der Waals surface area contributed by atoms with Gasteiger partial charge in [-0.2, -0.15) is 0 Å². The molecule has 0 bridgehead atoms. The van der Waals surface area contributed by atoms with Gasteiger partial charge in [-0.15, -0.1) is 0 Å². The zero-order valence-corrected chi connectivity index (χ0v) is 10.7. The SMILES string of the molecule is COC/C(=C\NCc1ccc(F)cc1F)C(=O)OC. The van der Waals surface area contributed by atoms with Crippen LogP contribution in [0.25, 0.3) is 0 Å². The Morgan fingerprint density at radius 1 is 1.37 bits per heavy atom. The lowest BCUT2D eigenvalue weighted by molar-refractivity contribution is -0.136. The maximum absolute atomic E-state index is 13.3. The largest absolute Gasteiger partial charge is 0.466 e. The molecule has 104 valence electrons. The summed E-state index contributed by atoms with van der Waals surface area (Å²) >= 11 is 0. The minimum atomic E-state index is -0.646. The molecule has 0 aliphatic heterocycles. The number of rotatable bonds is 6. The van der Waals surface area contributed by atoms with E-state index in [1.807, 2.05) is 0 Å². The van der Waals surface area contributed by atoms with Crippen molar-refractivity contribution in [2.45, 2.75) is 6.54 Å². The van der Waals surface area contributed by atoms with Crippen LogP contribution < -0.4 is 5.32 Å². The first kappa shape index (κ1) is 15.1. The Morgan fingerprint density at radius 2 is 2.11 bits per heavy atom. The van der Waals surface area contributed by atoms with Gasteiger partial charge in [-0.25, -0.2) is 13.6 Å². The molecule has 0 heterocycles. The predicted octanol–water partition coefficient (Wildman–Crippen LogP) is 1.76. The van der Waals surface area contributed by atoms with Crippen molar-refractivity contribution in [1.82, 2.24) is 5.32 Å². The first-order valence-corrected chi connectivity index (χ1v) is 5.52. The van der Waals surface area contributed by atoms with Gasteiger partial charge in [0.1, 0.15) is 11.6 Å². The second-order valence-electron chi connectivity index (χ2n) is 3.71. The summed E-state index contributed by atoms with van der Waals surface area (Å²) in [5.41, 5.74) is 0.562. The van der Waals surface area contributed by atoms with Gasteiger partial charge in [-0.05, 0) is 6.07 Å².